The Morgan fingerprint density at radius 3 is 2.40 bits per heavy atom. The van der Waals surface area contributed by atoms with Crippen LogP contribution in [-0.2, 0) is 6.54 Å². The van der Waals surface area contributed by atoms with Gasteiger partial charge in [0.1, 0.15) is 0 Å². The van der Waals surface area contributed by atoms with Gasteiger partial charge in [-0.15, -0.1) is 0 Å². The first-order valence-electron chi connectivity index (χ1n) is 7.57. The topological polar surface area (TPSA) is 15.3 Å². The molecule has 0 aliphatic heterocycles. The van der Waals surface area contributed by atoms with E-state index in [-0.39, 0.29) is 0 Å². The fraction of sp³-hybridized carbons (Fsp3) is 0.647. The van der Waals surface area contributed by atoms with Gasteiger partial charge in [-0.1, -0.05) is 38.1 Å². The van der Waals surface area contributed by atoms with Crippen LogP contribution < -0.4 is 5.32 Å². The van der Waals surface area contributed by atoms with Gasteiger partial charge in [0.25, 0.3) is 0 Å². The van der Waals surface area contributed by atoms with Crippen LogP contribution in [0.4, 0.5) is 0 Å². The first-order valence-corrected chi connectivity index (χ1v) is 8.96. The Morgan fingerprint density at radius 2 is 1.85 bits per heavy atom. The zero-order valence-corrected chi connectivity index (χ0v) is 14.5. The number of rotatable bonds is 9. The third-order valence-corrected chi connectivity index (χ3v) is 4.66. The molecule has 1 rings (SSSR count). The lowest BCUT2D eigenvalue weighted by Crippen LogP contribution is -2.30. The Labute approximate surface area is 129 Å². The molecule has 0 amide bonds. The second-order valence-corrected chi connectivity index (χ2v) is 6.58. The van der Waals surface area contributed by atoms with Crippen molar-refractivity contribution in [2.75, 3.05) is 32.1 Å². The lowest BCUT2D eigenvalue weighted by atomic mass is 9.99. The molecule has 20 heavy (non-hydrogen) atoms. The molecule has 0 radical (unpaired) electrons. The van der Waals surface area contributed by atoms with Crippen LogP contribution in [-0.4, -0.2) is 43.1 Å². The fourth-order valence-electron chi connectivity index (χ4n) is 2.24. The predicted octanol–water partition coefficient (Wildman–Crippen LogP) is 3.58. The maximum absolute atomic E-state index is 3.41. The molecular formula is C17H30N2S. The first kappa shape index (κ1) is 17.5. The van der Waals surface area contributed by atoms with E-state index in [1.807, 2.05) is 11.8 Å². The Balaban J connectivity index is 2.53. The monoisotopic (exact) mass is 294 g/mol. The number of nitrogens with one attached hydrogen (secondary N) is 1. The number of thioether (sulfide) groups is 1. The second-order valence-electron chi connectivity index (χ2n) is 5.67. The molecule has 0 spiro atoms. The molecule has 0 fully saturated rings. The minimum absolute atomic E-state index is 0.581. The van der Waals surface area contributed by atoms with Crippen LogP contribution in [0.15, 0.2) is 24.3 Å². The van der Waals surface area contributed by atoms with Crippen molar-refractivity contribution in [3.05, 3.63) is 35.4 Å². The van der Waals surface area contributed by atoms with Gasteiger partial charge in [0, 0.05) is 24.9 Å². The molecule has 0 heterocycles. The molecule has 0 aromatic heterocycles. The third-order valence-electron chi connectivity index (χ3n) is 3.84. The zero-order chi connectivity index (χ0) is 15.0. The number of hydrogen-bond donors (Lipinski definition) is 1. The van der Waals surface area contributed by atoms with Gasteiger partial charge in [-0.25, -0.2) is 0 Å². The van der Waals surface area contributed by atoms with Crippen LogP contribution in [0.5, 0.6) is 0 Å². The van der Waals surface area contributed by atoms with Crippen molar-refractivity contribution in [3.63, 3.8) is 0 Å². The molecule has 2 nitrogen and oxygen atoms in total. The molecule has 1 N–H and O–H groups in total. The summed E-state index contributed by atoms with van der Waals surface area (Å²) < 4.78 is 0. The van der Waals surface area contributed by atoms with Crippen molar-refractivity contribution in [2.24, 2.45) is 0 Å². The molecule has 2 atom stereocenters. The third kappa shape index (κ3) is 5.86. The van der Waals surface area contributed by atoms with E-state index < -0.39 is 0 Å². The summed E-state index contributed by atoms with van der Waals surface area (Å²) in [7, 11) is 2.21. The maximum Gasteiger partial charge on any atom is 0.0233 e. The minimum Gasteiger partial charge on any atom is -0.316 e. The van der Waals surface area contributed by atoms with Gasteiger partial charge < -0.3 is 5.32 Å². The predicted molar refractivity (Wildman–Crippen MR) is 92.7 cm³/mol. The van der Waals surface area contributed by atoms with E-state index in [0.29, 0.717) is 12.0 Å². The highest BCUT2D eigenvalue weighted by molar-refractivity contribution is 7.98. The molecule has 0 saturated heterocycles. The van der Waals surface area contributed by atoms with Crippen LogP contribution in [0.25, 0.3) is 0 Å². The zero-order valence-electron chi connectivity index (χ0n) is 13.6. The molecule has 3 heteroatoms. The van der Waals surface area contributed by atoms with E-state index in [9.17, 15) is 0 Å². The summed E-state index contributed by atoms with van der Waals surface area (Å²) in [6.45, 7) is 9.86. The summed E-state index contributed by atoms with van der Waals surface area (Å²) in [6.07, 6.45) is 2.17. The molecule has 2 unspecified atom stereocenters. The molecular weight excluding hydrogens is 264 g/mol. The van der Waals surface area contributed by atoms with E-state index >= 15 is 0 Å². The van der Waals surface area contributed by atoms with Crippen molar-refractivity contribution in [1.82, 2.24) is 10.2 Å². The van der Waals surface area contributed by atoms with Gasteiger partial charge in [-0.05, 0) is 43.8 Å². The van der Waals surface area contributed by atoms with Crippen LogP contribution in [0.3, 0.4) is 0 Å². The highest BCUT2D eigenvalue weighted by Gasteiger charge is 2.09. The largest absolute Gasteiger partial charge is 0.316 e. The average Bonchev–Trinajstić information content (AvgIpc) is 2.45. The standard InChI is InChI=1S/C17H30N2S/c1-6-18-11-14(2)17-9-7-16(8-10-17)12-19(4)15(3)13-20-5/h7-10,14-15,18H,6,11-13H2,1-5H3. The molecule has 0 bridgehead atoms. The van der Waals surface area contributed by atoms with E-state index in [1.165, 1.54) is 16.9 Å². The lowest BCUT2D eigenvalue weighted by Gasteiger charge is -2.24. The Morgan fingerprint density at radius 1 is 1.20 bits per heavy atom. The number of benzene rings is 1. The van der Waals surface area contributed by atoms with Crippen LogP contribution >= 0.6 is 11.8 Å². The Bertz CT molecular complexity index is 364. The highest BCUT2D eigenvalue weighted by Crippen LogP contribution is 2.16. The van der Waals surface area contributed by atoms with Crippen molar-refractivity contribution in [3.8, 4) is 0 Å². The number of hydrogen-bond acceptors (Lipinski definition) is 3. The van der Waals surface area contributed by atoms with Gasteiger partial charge in [-0.3, -0.25) is 4.90 Å². The summed E-state index contributed by atoms with van der Waals surface area (Å²) in [5.41, 5.74) is 2.83. The van der Waals surface area contributed by atoms with Crippen LogP contribution in [0.1, 0.15) is 37.8 Å². The van der Waals surface area contributed by atoms with E-state index in [0.717, 1.165) is 19.6 Å². The van der Waals surface area contributed by atoms with E-state index in [1.54, 1.807) is 0 Å². The summed E-state index contributed by atoms with van der Waals surface area (Å²) >= 11 is 1.91. The molecule has 0 aliphatic rings. The van der Waals surface area contributed by atoms with E-state index in [4.69, 9.17) is 0 Å². The quantitative estimate of drug-likeness (QED) is 0.749. The Kier molecular flexibility index (Phi) is 8.27. The average molecular weight is 295 g/mol. The normalized spacial score (nSPS) is 14.5. The first-order chi connectivity index (χ1) is 9.58. The van der Waals surface area contributed by atoms with Crippen LogP contribution in [0.2, 0.25) is 0 Å². The molecule has 1 aromatic rings. The number of nitrogens with zero attached hydrogens (tertiary/aromatic N) is 1. The van der Waals surface area contributed by atoms with Crippen molar-refractivity contribution in [1.29, 1.82) is 0 Å². The fourth-order valence-corrected chi connectivity index (χ4v) is 2.98. The van der Waals surface area contributed by atoms with Crippen molar-refractivity contribution in [2.45, 2.75) is 39.3 Å². The lowest BCUT2D eigenvalue weighted by molar-refractivity contribution is 0.269. The maximum atomic E-state index is 3.41. The van der Waals surface area contributed by atoms with Crippen molar-refractivity contribution < 1.29 is 0 Å². The summed E-state index contributed by atoms with van der Waals surface area (Å²) in [5.74, 6) is 1.77. The summed E-state index contributed by atoms with van der Waals surface area (Å²) in [6, 6.07) is 9.74. The van der Waals surface area contributed by atoms with Gasteiger partial charge in [0.05, 0.1) is 0 Å². The smallest absolute Gasteiger partial charge is 0.0233 e. The molecule has 114 valence electrons. The minimum atomic E-state index is 0.581. The molecule has 1 aromatic carbocycles. The molecule has 0 aliphatic carbocycles. The van der Waals surface area contributed by atoms with Gasteiger partial charge in [-0.2, -0.15) is 11.8 Å². The Hall–Kier alpha value is -0.510. The van der Waals surface area contributed by atoms with E-state index in [2.05, 4.69) is 68.6 Å². The van der Waals surface area contributed by atoms with Crippen LogP contribution in [0, 0.1) is 0 Å². The molecule has 0 saturated carbocycles. The van der Waals surface area contributed by atoms with Crippen molar-refractivity contribution >= 4 is 11.8 Å². The highest BCUT2D eigenvalue weighted by atomic mass is 32.2. The summed E-state index contributed by atoms with van der Waals surface area (Å²) in [4.78, 5) is 2.42. The van der Waals surface area contributed by atoms with Gasteiger partial charge in [0.2, 0.25) is 0 Å². The second kappa shape index (κ2) is 9.43. The van der Waals surface area contributed by atoms with Gasteiger partial charge >= 0.3 is 0 Å². The summed E-state index contributed by atoms with van der Waals surface area (Å²) in [5, 5.41) is 3.41. The SMILES string of the molecule is CCNCC(C)c1ccc(CN(C)C(C)CSC)cc1. The van der Waals surface area contributed by atoms with Gasteiger partial charge in [0.15, 0.2) is 0 Å². The number of likely N-dealkylation sites (N-methyl/N-ethyl adjacent to an activating group) is 1.